The average Bonchev–Trinajstić information content (AvgIpc) is 3.20. The van der Waals surface area contributed by atoms with E-state index in [1.165, 1.54) is 6.20 Å². The molecular weight excluding hydrogens is 302 g/mol. The molecule has 3 heterocycles. The summed E-state index contributed by atoms with van der Waals surface area (Å²) in [5.41, 5.74) is 0.476. The zero-order valence-electron chi connectivity index (χ0n) is 12.2. The second-order valence-corrected chi connectivity index (χ2v) is 4.59. The van der Waals surface area contributed by atoms with Crippen LogP contribution < -0.4 is 10.1 Å². The van der Waals surface area contributed by atoms with E-state index in [0.717, 1.165) is 0 Å². The lowest BCUT2D eigenvalue weighted by molar-refractivity contribution is -0.123. The van der Waals surface area contributed by atoms with Gasteiger partial charge < -0.3 is 19.1 Å². The number of nitrogens with one attached hydrogen (secondary N) is 1. The Labute approximate surface area is 130 Å². The van der Waals surface area contributed by atoms with Crippen molar-refractivity contribution in [3.05, 3.63) is 42.2 Å². The Bertz CT molecular complexity index is 783. The minimum atomic E-state index is -0.314. The van der Waals surface area contributed by atoms with Gasteiger partial charge in [0.2, 0.25) is 11.7 Å². The van der Waals surface area contributed by atoms with Gasteiger partial charge in [-0.1, -0.05) is 10.3 Å². The predicted molar refractivity (Wildman–Crippen MR) is 76.1 cm³/mol. The van der Waals surface area contributed by atoms with E-state index in [2.05, 4.69) is 25.6 Å². The first-order valence-corrected chi connectivity index (χ1v) is 6.76. The van der Waals surface area contributed by atoms with E-state index in [9.17, 15) is 4.79 Å². The number of carbonyl (C=O) groups is 1. The van der Waals surface area contributed by atoms with Crippen LogP contribution in [0.1, 0.15) is 11.7 Å². The number of ether oxygens (including phenoxy) is 1. The van der Waals surface area contributed by atoms with E-state index < -0.39 is 0 Å². The summed E-state index contributed by atoms with van der Waals surface area (Å²) in [6.07, 6.45) is 3.15. The lowest BCUT2D eigenvalue weighted by atomic mass is 10.4. The third-order valence-corrected chi connectivity index (χ3v) is 2.77. The molecule has 0 atom stereocenters. The van der Waals surface area contributed by atoms with Crippen LogP contribution in [-0.4, -0.2) is 32.8 Å². The van der Waals surface area contributed by atoms with E-state index in [4.69, 9.17) is 13.8 Å². The van der Waals surface area contributed by atoms with Crippen molar-refractivity contribution in [2.24, 2.45) is 0 Å². The van der Waals surface area contributed by atoms with Crippen LogP contribution in [0.3, 0.4) is 0 Å². The van der Waals surface area contributed by atoms with E-state index in [1.54, 1.807) is 31.3 Å². The standard InChI is InChI=1S/C14H13N5O4/c1-9-5-11(18-22-9)14-17-13(23-19-14)7-16-12(20)8-21-10-3-2-4-15-6-10/h2-6H,7-8H2,1H3,(H,16,20). The molecule has 0 unspecified atom stereocenters. The molecule has 0 aliphatic carbocycles. The molecule has 3 aromatic heterocycles. The molecule has 0 aliphatic rings. The number of rotatable bonds is 6. The van der Waals surface area contributed by atoms with Crippen LogP contribution in [0.15, 0.2) is 39.6 Å². The fourth-order valence-electron chi connectivity index (χ4n) is 1.71. The first-order chi connectivity index (χ1) is 11.2. The Morgan fingerprint density at radius 3 is 3.00 bits per heavy atom. The van der Waals surface area contributed by atoms with Gasteiger partial charge in [0.15, 0.2) is 12.3 Å². The second kappa shape index (κ2) is 6.69. The highest BCUT2D eigenvalue weighted by Crippen LogP contribution is 2.15. The van der Waals surface area contributed by atoms with Gasteiger partial charge in [-0.25, -0.2) is 0 Å². The van der Waals surface area contributed by atoms with Crippen molar-refractivity contribution in [2.45, 2.75) is 13.5 Å². The summed E-state index contributed by atoms with van der Waals surface area (Å²) in [5.74, 6) is 1.41. The van der Waals surface area contributed by atoms with Crippen molar-refractivity contribution >= 4 is 5.91 Å². The molecule has 3 rings (SSSR count). The van der Waals surface area contributed by atoms with Crippen LogP contribution in [0.4, 0.5) is 0 Å². The Kier molecular flexibility index (Phi) is 4.27. The maximum Gasteiger partial charge on any atom is 0.258 e. The maximum absolute atomic E-state index is 11.7. The molecule has 0 aliphatic heterocycles. The van der Waals surface area contributed by atoms with Gasteiger partial charge >= 0.3 is 0 Å². The molecule has 0 fully saturated rings. The van der Waals surface area contributed by atoms with Gasteiger partial charge in [-0.3, -0.25) is 9.78 Å². The Balaban J connectivity index is 1.48. The number of amides is 1. The molecule has 0 spiro atoms. The summed E-state index contributed by atoms with van der Waals surface area (Å²) in [5, 5.41) is 10.2. The van der Waals surface area contributed by atoms with Crippen LogP contribution in [0.2, 0.25) is 0 Å². The summed E-state index contributed by atoms with van der Waals surface area (Å²) >= 11 is 0. The Hall–Kier alpha value is -3.23. The number of hydrogen-bond donors (Lipinski definition) is 1. The third kappa shape index (κ3) is 3.90. The van der Waals surface area contributed by atoms with Gasteiger partial charge in [-0.05, 0) is 19.1 Å². The van der Waals surface area contributed by atoms with Crippen LogP contribution in [0, 0.1) is 6.92 Å². The second-order valence-electron chi connectivity index (χ2n) is 4.59. The Morgan fingerprint density at radius 2 is 2.26 bits per heavy atom. The number of nitrogens with zero attached hydrogens (tertiary/aromatic N) is 4. The van der Waals surface area contributed by atoms with E-state index in [1.807, 2.05) is 0 Å². The predicted octanol–water partition coefficient (Wildman–Crippen LogP) is 1.12. The highest BCUT2D eigenvalue weighted by Gasteiger charge is 2.13. The average molecular weight is 315 g/mol. The fraction of sp³-hybridized carbons (Fsp3) is 0.214. The van der Waals surface area contributed by atoms with Gasteiger partial charge in [-0.15, -0.1) is 0 Å². The van der Waals surface area contributed by atoms with Gasteiger partial charge in [0, 0.05) is 12.3 Å². The maximum atomic E-state index is 11.7. The number of carbonyl (C=O) groups excluding carboxylic acids is 1. The van der Waals surface area contributed by atoms with Crippen molar-refractivity contribution in [1.82, 2.24) is 25.6 Å². The molecule has 3 aromatic rings. The van der Waals surface area contributed by atoms with Crippen molar-refractivity contribution in [1.29, 1.82) is 0 Å². The molecular formula is C14H13N5O4. The SMILES string of the molecule is Cc1cc(-c2noc(CNC(=O)COc3cccnc3)n2)no1. The molecule has 9 heteroatoms. The molecule has 23 heavy (non-hydrogen) atoms. The molecule has 118 valence electrons. The molecule has 0 saturated heterocycles. The number of pyridine rings is 1. The summed E-state index contributed by atoms with van der Waals surface area (Å²) < 4.78 is 15.2. The summed E-state index contributed by atoms with van der Waals surface area (Å²) in [4.78, 5) is 19.7. The quantitative estimate of drug-likeness (QED) is 0.719. The molecule has 9 nitrogen and oxygen atoms in total. The van der Waals surface area contributed by atoms with Gasteiger partial charge in [-0.2, -0.15) is 4.98 Å². The minimum Gasteiger partial charge on any atom is -0.482 e. The van der Waals surface area contributed by atoms with Gasteiger partial charge in [0.1, 0.15) is 11.5 Å². The monoisotopic (exact) mass is 315 g/mol. The third-order valence-electron chi connectivity index (χ3n) is 2.77. The van der Waals surface area contributed by atoms with E-state index in [0.29, 0.717) is 23.0 Å². The van der Waals surface area contributed by atoms with Crippen LogP contribution >= 0.6 is 0 Å². The lowest BCUT2D eigenvalue weighted by Gasteiger charge is -2.05. The van der Waals surface area contributed by atoms with E-state index >= 15 is 0 Å². The number of aryl methyl sites for hydroxylation is 1. The van der Waals surface area contributed by atoms with Crippen LogP contribution in [0.5, 0.6) is 5.75 Å². The number of hydrogen-bond acceptors (Lipinski definition) is 8. The molecule has 1 N–H and O–H groups in total. The van der Waals surface area contributed by atoms with Crippen molar-refractivity contribution in [2.75, 3.05) is 6.61 Å². The summed E-state index contributed by atoms with van der Waals surface area (Å²) in [6, 6.07) is 5.12. The molecule has 0 saturated carbocycles. The van der Waals surface area contributed by atoms with Crippen molar-refractivity contribution in [3.8, 4) is 17.3 Å². The van der Waals surface area contributed by atoms with Gasteiger partial charge in [0.25, 0.3) is 5.91 Å². The normalized spacial score (nSPS) is 10.5. The topological polar surface area (TPSA) is 116 Å². The summed E-state index contributed by atoms with van der Waals surface area (Å²) in [7, 11) is 0. The van der Waals surface area contributed by atoms with Crippen LogP contribution in [0.25, 0.3) is 11.5 Å². The zero-order chi connectivity index (χ0) is 16.1. The van der Waals surface area contributed by atoms with Crippen molar-refractivity contribution in [3.63, 3.8) is 0 Å². The van der Waals surface area contributed by atoms with Crippen molar-refractivity contribution < 1.29 is 18.6 Å². The van der Waals surface area contributed by atoms with E-state index in [-0.39, 0.29) is 24.9 Å². The lowest BCUT2D eigenvalue weighted by Crippen LogP contribution is -2.28. The Morgan fingerprint density at radius 1 is 1.35 bits per heavy atom. The first kappa shape index (κ1) is 14.7. The highest BCUT2D eigenvalue weighted by molar-refractivity contribution is 5.77. The fourth-order valence-corrected chi connectivity index (χ4v) is 1.71. The first-order valence-electron chi connectivity index (χ1n) is 6.76. The summed E-state index contributed by atoms with van der Waals surface area (Å²) in [6.45, 7) is 1.73. The molecule has 0 aromatic carbocycles. The number of aromatic nitrogens is 4. The molecule has 0 bridgehead atoms. The highest BCUT2D eigenvalue weighted by atomic mass is 16.5. The zero-order valence-corrected chi connectivity index (χ0v) is 12.2. The minimum absolute atomic E-state index is 0.0963. The smallest absolute Gasteiger partial charge is 0.258 e. The molecule has 1 amide bonds. The molecule has 0 radical (unpaired) electrons. The van der Waals surface area contributed by atoms with Crippen LogP contribution in [-0.2, 0) is 11.3 Å². The largest absolute Gasteiger partial charge is 0.482 e. The van der Waals surface area contributed by atoms with Gasteiger partial charge in [0.05, 0.1) is 12.7 Å².